The normalized spacial score (nSPS) is 9.33. The van der Waals surface area contributed by atoms with Gasteiger partial charge in [-0.15, -0.1) is 0 Å². The quantitative estimate of drug-likeness (QED) is 0.635. The molecule has 0 spiro atoms. The second kappa shape index (κ2) is 8.77. The maximum absolute atomic E-state index is 3.46. The SMILES string of the molecule is C=C/C=C/C=C.c1ccc(-c2ccccc2)cc1. The monoisotopic (exact) mass is 234 g/mol. The summed E-state index contributed by atoms with van der Waals surface area (Å²) in [6.45, 7) is 6.93. The maximum Gasteiger partial charge on any atom is -0.0184 e. The van der Waals surface area contributed by atoms with Crippen molar-refractivity contribution < 1.29 is 0 Å². The highest BCUT2D eigenvalue weighted by molar-refractivity contribution is 5.62. The van der Waals surface area contributed by atoms with Crippen LogP contribution < -0.4 is 0 Å². The van der Waals surface area contributed by atoms with Crippen LogP contribution in [0.5, 0.6) is 0 Å². The van der Waals surface area contributed by atoms with Crippen LogP contribution in [0.1, 0.15) is 0 Å². The molecule has 0 saturated carbocycles. The van der Waals surface area contributed by atoms with Gasteiger partial charge in [0.25, 0.3) is 0 Å². The van der Waals surface area contributed by atoms with Gasteiger partial charge in [0.05, 0.1) is 0 Å². The smallest absolute Gasteiger partial charge is 0.0184 e. The van der Waals surface area contributed by atoms with E-state index in [1.165, 1.54) is 11.1 Å². The van der Waals surface area contributed by atoms with Crippen LogP contribution in [0.15, 0.2) is 98.1 Å². The molecule has 0 saturated heterocycles. The number of benzene rings is 2. The summed E-state index contributed by atoms with van der Waals surface area (Å²) in [5, 5.41) is 0. The molecular weight excluding hydrogens is 216 g/mol. The third kappa shape index (κ3) is 5.13. The molecule has 18 heavy (non-hydrogen) atoms. The third-order valence-electron chi connectivity index (χ3n) is 2.26. The molecule has 0 radical (unpaired) electrons. The van der Waals surface area contributed by atoms with Crippen molar-refractivity contribution in [1.29, 1.82) is 0 Å². The Kier molecular flexibility index (Phi) is 6.69. The molecule has 0 nitrogen and oxygen atoms in total. The molecular formula is C18H18. The lowest BCUT2D eigenvalue weighted by atomic mass is 10.1. The van der Waals surface area contributed by atoms with E-state index in [2.05, 4.69) is 61.7 Å². The molecule has 0 aromatic heterocycles. The average molecular weight is 234 g/mol. The van der Waals surface area contributed by atoms with E-state index in [0.29, 0.717) is 0 Å². The van der Waals surface area contributed by atoms with Gasteiger partial charge in [0.1, 0.15) is 0 Å². The Morgan fingerprint density at radius 1 is 0.556 bits per heavy atom. The van der Waals surface area contributed by atoms with Gasteiger partial charge in [0.2, 0.25) is 0 Å². The van der Waals surface area contributed by atoms with Gasteiger partial charge in [-0.1, -0.05) is 98.1 Å². The topological polar surface area (TPSA) is 0 Å². The lowest BCUT2D eigenvalue weighted by Gasteiger charge is -1.98. The Balaban J connectivity index is 0.000000232. The van der Waals surface area contributed by atoms with Gasteiger partial charge in [-0.05, 0) is 11.1 Å². The summed E-state index contributed by atoms with van der Waals surface area (Å²) in [7, 11) is 0. The summed E-state index contributed by atoms with van der Waals surface area (Å²) in [6, 6.07) is 20.8. The van der Waals surface area contributed by atoms with Gasteiger partial charge in [-0.3, -0.25) is 0 Å². The number of rotatable bonds is 3. The molecule has 0 heterocycles. The van der Waals surface area contributed by atoms with E-state index in [-0.39, 0.29) is 0 Å². The fourth-order valence-corrected chi connectivity index (χ4v) is 1.42. The van der Waals surface area contributed by atoms with Crippen molar-refractivity contribution in [2.24, 2.45) is 0 Å². The lowest BCUT2D eigenvalue weighted by Crippen LogP contribution is -1.73. The Morgan fingerprint density at radius 3 is 1.17 bits per heavy atom. The second-order valence-electron chi connectivity index (χ2n) is 3.59. The van der Waals surface area contributed by atoms with Crippen LogP contribution in [0.3, 0.4) is 0 Å². The van der Waals surface area contributed by atoms with Gasteiger partial charge in [-0.2, -0.15) is 0 Å². The van der Waals surface area contributed by atoms with Gasteiger partial charge < -0.3 is 0 Å². The van der Waals surface area contributed by atoms with Gasteiger partial charge in [0, 0.05) is 0 Å². The molecule has 0 aliphatic carbocycles. The van der Waals surface area contributed by atoms with Crippen molar-refractivity contribution in [3.8, 4) is 11.1 Å². The van der Waals surface area contributed by atoms with Crippen LogP contribution >= 0.6 is 0 Å². The number of hydrogen-bond donors (Lipinski definition) is 0. The predicted molar refractivity (Wildman–Crippen MR) is 81.4 cm³/mol. The highest BCUT2D eigenvalue weighted by atomic mass is 14.0. The van der Waals surface area contributed by atoms with Crippen LogP contribution in [-0.4, -0.2) is 0 Å². The summed E-state index contributed by atoms with van der Waals surface area (Å²) in [6.07, 6.45) is 7.07. The van der Waals surface area contributed by atoms with Crippen LogP contribution in [-0.2, 0) is 0 Å². The molecule has 90 valence electrons. The van der Waals surface area contributed by atoms with E-state index in [1.54, 1.807) is 12.2 Å². The van der Waals surface area contributed by atoms with Crippen molar-refractivity contribution in [2.45, 2.75) is 0 Å². The molecule has 0 bridgehead atoms. The first kappa shape index (κ1) is 13.7. The zero-order valence-corrected chi connectivity index (χ0v) is 10.5. The van der Waals surface area contributed by atoms with E-state index in [9.17, 15) is 0 Å². The highest BCUT2D eigenvalue weighted by Crippen LogP contribution is 2.17. The molecule has 2 aromatic rings. The number of allylic oxidation sites excluding steroid dienone is 4. The first-order valence-electron chi connectivity index (χ1n) is 5.89. The third-order valence-corrected chi connectivity index (χ3v) is 2.26. The minimum atomic E-state index is 1.28. The van der Waals surface area contributed by atoms with Crippen molar-refractivity contribution in [3.05, 3.63) is 98.1 Å². The van der Waals surface area contributed by atoms with Gasteiger partial charge in [0.15, 0.2) is 0 Å². The molecule has 0 atom stereocenters. The molecule has 0 fully saturated rings. The second-order valence-corrected chi connectivity index (χ2v) is 3.59. The first-order chi connectivity index (χ1) is 8.88. The molecule has 2 aromatic carbocycles. The average Bonchev–Trinajstić information content (AvgIpc) is 2.48. The molecule has 0 N–H and O–H groups in total. The van der Waals surface area contributed by atoms with E-state index in [1.807, 2.05) is 24.3 Å². The van der Waals surface area contributed by atoms with Crippen LogP contribution in [0.2, 0.25) is 0 Å². The maximum atomic E-state index is 3.46. The summed E-state index contributed by atoms with van der Waals surface area (Å²) in [4.78, 5) is 0. The van der Waals surface area contributed by atoms with Crippen molar-refractivity contribution in [3.63, 3.8) is 0 Å². The molecule has 0 aliphatic rings. The summed E-state index contributed by atoms with van der Waals surface area (Å²) < 4.78 is 0. The molecule has 0 aliphatic heterocycles. The standard InChI is InChI=1S/C12H10.C6H8/c1-3-7-11(8-4-1)12-9-5-2-6-10-12;1-3-5-6-4-2/h1-10H;3-6H,1-2H2/b;6-5+. The highest BCUT2D eigenvalue weighted by Gasteiger charge is 1.91. The molecule has 0 unspecified atom stereocenters. The molecule has 2 rings (SSSR count). The van der Waals surface area contributed by atoms with E-state index >= 15 is 0 Å². The zero-order valence-electron chi connectivity index (χ0n) is 10.5. The van der Waals surface area contributed by atoms with Crippen LogP contribution in [0.25, 0.3) is 11.1 Å². The van der Waals surface area contributed by atoms with E-state index in [4.69, 9.17) is 0 Å². The van der Waals surface area contributed by atoms with Crippen molar-refractivity contribution in [2.75, 3.05) is 0 Å². The Morgan fingerprint density at radius 2 is 0.889 bits per heavy atom. The fourth-order valence-electron chi connectivity index (χ4n) is 1.42. The molecule has 0 heteroatoms. The fraction of sp³-hybridized carbons (Fsp3) is 0. The Labute approximate surface area is 110 Å². The molecule has 0 amide bonds. The first-order valence-corrected chi connectivity index (χ1v) is 5.89. The van der Waals surface area contributed by atoms with Gasteiger partial charge in [-0.25, -0.2) is 0 Å². The number of hydrogen-bond acceptors (Lipinski definition) is 0. The van der Waals surface area contributed by atoms with Gasteiger partial charge >= 0.3 is 0 Å². The zero-order chi connectivity index (χ0) is 13.1. The summed E-state index contributed by atoms with van der Waals surface area (Å²) in [5.74, 6) is 0. The van der Waals surface area contributed by atoms with Crippen LogP contribution in [0.4, 0.5) is 0 Å². The summed E-state index contributed by atoms with van der Waals surface area (Å²) in [5.41, 5.74) is 2.55. The predicted octanol–water partition coefficient (Wildman–Crippen LogP) is 5.27. The Bertz CT molecular complexity index is 430. The van der Waals surface area contributed by atoms with Crippen molar-refractivity contribution >= 4 is 0 Å². The van der Waals surface area contributed by atoms with Crippen LogP contribution in [0, 0.1) is 0 Å². The van der Waals surface area contributed by atoms with Crippen molar-refractivity contribution in [1.82, 2.24) is 0 Å². The van der Waals surface area contributed by atoms with E-state index < -0.39 is 0 Å². The van der Waals surface area contributed by atoms with E-state index in [0.717, 1.165) is 0 Å². The lowest BCUT2D eigenvalue weighted by molar-refractivity contribution is 1.62. The minimum Gasteiger partial charge on any atom is -0.0991 e. The summed E-state index contributed by atoms with van der Waals surface area (Å²) >= 11 is 0. The Hall–Kier alpha value is -2.34. The largest absolute Gasteiger partial charge is 0.0991 e. The minimum absolute atomic E-state index is 1.28.